The highest BCUT2D eigenvalue weighted by molar-refractivity contribution is 7.98. The number of aromatic nitrogens is 3. The van der Waals surface area contributed by atoms with E-state index >= 15 is 0 Å². The summed E-state index contributed by atoms with van der Waals surface area (Å²) in [4.78, 5) is 1.54. The molecule has 3 aliphatic rings. The predicted molar refractivity (Wildman–Crippen MR) is 119 cm³/mol. The van der Waals surface area contributed by atoms with Crippen LogP contribution in [0.1, 0.15) is 41.1 Å². The zero-order chi connectivity index (χ0) is 20.2. The van der Waals surface area contributed by atoms with Gasteiger partial charge in [0.2, 0.25) is 5.95 Å². The second kappa shape index (κ2) is 7.26. The van der Waals surface area contributed by atoms with Crippen LogP contribution in [0.2, 0.25) is 0 Å². The molecule has 1 aromatic carbocycles. The lowest BCUT2D eigenvalue weighted by atomic mass is 9.87. The van der Waals surface area contributed by atoms with Crippen LogP contribution < -0.4 is 20.5 Å². The fraction of sp³-hybridized carbons (Fsp3) is 0.429. The number of hydrogen-bond donors (Lipinski definition) is 2. The third-order valence-corrected chi connectivity index (χ3v) is 8.43. The van der Waals surface area contributed by atoms with E-state index in [1.807, 2.05) is 23.5 Å². The minimum atomic E-state index is 0.143. The molecule has 30 heavy (non-hydrogen) atoms. The van der Waals surface area contributed by atoms with Crippen molar-refractivity contribution in [3.63, 3.8) is 0 Å². The molecule has 3 aromatic rings. The molecule has 0 radical (unpaired) electrons. The highest BCUT2D eigenvalue weighted by atomic mass is 32.2. The van der Waals surface area contributed by atoms with Gasteiger partial charge in [-0.1, -0.05) is 30.8 Å². The summed E-state index contributed by atoms with van der Waals surface area (Å²) in [6.45, 7) is 3.11. The van der Waals surface area contributed by atoms with Gasteiger partial charge in [0.05, 0.1) is 13.8 Å². The van der Waals surface area contributed by atoms with E-state index in [0.717, 1.165) is 35.2 Å². The SMILES string of the molecule is COc1ccc(CSc2nnc3n2-c2sc4c(c2C2NCNN32)CC[C@@H](C)C4)cc1. The van der Waals surface area contributed by atoms with Crippen molar-refractivity contribution >= 4 is 29.0 Å². The molecule has 0 spiro atoms. The Morgan fingerprint density at radius 1 is 1.27 bits per heavy atom. The van der Waals surface area contributed by atoms with E-state index in [0.29, 0.717) is 0 Å². The molecule has 2 aromatic heterocycles. The lowest BCUT2D eigenvalue weighted by molar-refractivity contribution is 0.414. The summed E-state index contributed by atoms with van der Waals surface area (Å²) >= 11 is 3.67. The minimum absolute atomic E-state index is 0.143. The third-order valence-electron chi connectivity index (χ3n) is 6.17. The average Bonchev–Trinajstić information content (AvgIpc) is 3.47. The third kappa shape index (κ3) is 2.87. The van der Waals surface area contributed by atoms with Gasteiger partial charge in [0.1, 0.15) is 16.9 Å². The van der Waals surface area contributed by atoms with Gasteiger partial charge >= 0.3 is 0 Å². The molecule has 0 amide bonds. The number of benzene rings is 1. The van der Waals surface area contributed by atoms with E-state index in [9.17, 15) is 0 Å². The van der Waals surface area contributed by atoms with Crippen molar-refractivity contribution in [2.24, 2.45) is 5.92 Å². The fourth-order valence-corrected chi connectivity index (χ4v) is 7.08. The van der Waals surface area contributed by atoms with E-state index < -0.39 is 0 Å². The molecular formula is C21H24N6OS2. The molecule has 156 valence electrons. The Bertz CT molecular complexity index is 1090. The second-order valence-corrected chi connectivity index (χ2v) is 10.2. The van der Waals surface area contributed by atoms with E-state index in [1.165, 1.54) is 35.4 Å². The van der Waals surface area contributed by atoms with E-state index in [1.54, 1.807) is 29.3 Å². The Morgan fingerprint density at radius 3 is 2.97 bits per heavy atom. The number of ether oxygens (including phenoxy) is 1. The van der Waals surface area contributed by atoms with Crippen molar-refractivity contribution in [1.82, 2.24) is 25.5 Å². The normalized spacial score (nSPS) is 21.7. The Balaban J connectivity index is 1.38. The lowest BCUT2D eigenvalue weighted by Crippen LogP contribution is -2.39. The number of rotatable bonds is 4. The first-order valence-electron chi connectivity index (χ1n) is 10.3. The summed E-state index contributed by atoms with van der Waals surface area (Å²) in [6, 6.07) is 8.23. The summed E-state index contributed by atoms with van der Waals surface area (Å²) in [7, 11) is 1.69. The maximum Gasteiger partial charge on any atom is 0.249 e. The van der Waals surface area contributed by atoms with Gasteiger partial charge in [-0.05, 0) is 48.4 Å². The van der Waals surface area contributed by atoms with Gasteiger partial charge < -0.3 is 4.74 Å². The highest BCUT2D eigenvalue weighted by Gasteiger charge is 2.42. The number of hydrogen-bond acceptors (Lipinski definition) is 8. The van der Waals surface area contributed by atoms with Crippen molar-refractivity contribution in [3.8, 4) is 10.8 Å². The minimum Gasteiger partial charge on any atom is -0.497 e. The molecule has 1 aliphatic carbocycles. The first kappa shape index (κ1) is 18.7. The van der Waals surface area contributed by atoms with Gasteiger partial charge in [-0.2, -0.15) is 0 Å². The summed E-state index contributed by atoms with van der Waals surface area (Å²) in [5, 5.41) is 17.1. The van der Waals surface area contributed by atoms with E-state index in [-0.39, 0.29) is 6.17 Å². The number of anilines is 1. The maximum atomic E-state index is 5.27. The average molecular weight is 441 g/mol. The number of fused-ring (bicyclic) bond motifs is 8. The van der Waals surface area contributed by atoms with Crippen LogP contribution in [0.15, 0.2) is 29.4 Å². The number of nitrogens with one attached hydrogen (secondary N) is 2. The molecule has 0 bridgehead atoms. The molecule has 6 rings (SSSR count). The first-order valence-corrected chi connectivity index (χ1v) is 12.1. The van der Waals surface area contributed by atoms with E-state index in [2.05, 4.69) is 49.6 Å². The molecule has 1 fully saturated rings. The van der Waals surface area contributed by atoms with Gasteiger partial charge in [0, 0.05) is 16.2 Å². The Labute approximate surface area is 183 Å². The summed E-state index contributed by atoms with van der Waals surface area (Å²) in [5.41, 5.74) is 7.65. The van der Waals surface area contributed by atoms with Crippen molar-refractivity contribution in [2.75, 3.05) is 18.8 Å². The number of hydrazine groups is 1. The molecule has 0 saturated carbocycles. The van der Waals surface area contributed by atoms with Gasteiger partial charge in [-0.25, -0.2) is 9.99 Å². The molecule has 2 N–H and O–H groups in total. The van der Waals surface area contributed by atoms with Crippen molar-refractivity contribution in [2.45, 2.75) is 43.3 Å². The number of thioether (sulfide) groups is 1. The molecule has 1 unspecified atom stereocenters. The molecule has 2 atom stereocenters. The zero-order valence-electron chi connectivity index (χ0n) is 17.0. The summed E-state index contributed by atoms with van der Waals surface area (Å²) in [5.74, 6) is 3.36. The molecule has 1 saturated heterocycles. The monoisotopic (exact) mass is 440 g/mol. The zero-order valence-corrected chi connectivity index (χ0v) is 18.6. The van der Waals surface area contributed by atoms with Crippen LogP contribution in [-0.4, -0.2) is 28.5 Å². The van der Waals surface area contributed by atoms with Crippen molar-refractivity contribution < 1.29 is 4.74 Å². The number of nitrogens with zero attached hydrogens (tertiary/aromatic N) is 4. The predicted octanol–water partition coefficient (Wildman–Crippen LogP) is 3.64. The van der Waals surface area contributed by atoms with Crippen molar-refractivity contribution in [1.29, 1.82) is 0 Å². The van der Waals surface area contributed by atoms with Crippen LogP contribution in [0.25, 0.3) is 5.00 Å². The van der Waals surface area contributed by atoms with Crippen molar-refractivity contribution in [3.05, 3.63) is 45.8 Å². The quantitative estimate of drug-likeness (QED) is 0.601. The maximum absolute atomic E-state index is 5.27. The Hall–Kier alpha value is -2.07. The molecule has 4 heterocycles. The number of methoxy groups -OCH3 is 1. The smallest absolute Gasteiger partial charge is 0.249 e. The molecule has 9 heteroatoms. The number of thiophene rings is 1. The van der Waals surface area contributed by atoms with Gasteiger partial charge in [-0.3, -0.25) is 10.3 Å². The van der Waals surface area contributed by atoms with E-state index in [4.69, 9.17) is 4.74 Å². The summed E-state index contributed by atoms with van der Waals surface area (Å²) < 4.78 is 7.53. The van der Waals surface area contributed by atoms with Crippen LogP contribution in [-0.2, 0) is 18.6 Å². The van der Waals surface area contributed by atoms with Gasteiger partial charge in [0.15, 0.2) is 5.16 Å². The Kier molecular flexibility index (Phi) is 4.52. The second-order valence-electron chi connectivity index (χ2n) is 8.14. The topological polar surface area (TPSA) is 67.2 Å². The first-order chi connectivity index (χ1) is 14.7. The molecule has 2 aliphatic heterocycles. The highest BCUT2D eigenvalue weighted by Crippen LogP contribution is 2.48. The lowest BCUT2D eigenvalue weighted by Gasteiger charge is -2.31. The van der Waals surface area contributed by atoms with Crippen LogP contribution in [0, 0.1) is 5.92 Å². The molecule has 7 nitrogen and oxygen atoms in total. The van der Waals surface area contributed by atoms with Gasteiger partial charge in [0.25, 0.3) is 0 Å². The van der Waals surface area contributed by atoms with Crippen LogP contribution >= 0.6 is 23.1 Å². The van der Waals surface area contributed by atoms with Crippen LogP contribution in [0.5, 0.6) is 5.75 Å². The standard InChI is InChI=1S/C21H24N6OS2/c1-12-3-8-15-16(9-12)30-19-17(15)18-22-11-23-27(18)20-24-25-21(26(19)20)29-10-13-4-6-14(28-2)7-5-13/h4-7,12,18,22-23H,3,8-11H2,1-2H3/t12-,18?/m1/s1. The Morgan fingerprint density at radius 2 is 2.13 bits per heavy atom. The van der Waals surface area contributed by atoms with Crippen LogP contribution in [0.3, 0.4) is 0 Å². The fourth-order valence-electron chi connectivity index (χ4n) is 4.60. The largest absolute Gasteiger partial charge is 0.497 e. The summed E-state index contributed by atoms with van der Waals surface area (Å²) in [6.07, 6.45) is 3.76. The van der Waals surface area contributed by atoms with Crippen LogP contribution in [0.4, 0.5) is 5.95 Å². The molecular weight excluding hydrogens is 416 g/mol. The van der Waals surface area contributed by atoms with Gasteiger partial charge in [-0.15, -0.1) is 21.5 Å².